The number of oxazole rings is 1. The number of carbonyl (C=O) groups is 3. The van der Waals surface area contributed by atoms with Crippen LogP contribution in [0.3, 0.4) is 0 Å². The lowest BCUT2D eigenvalue weighted by atomic mass is 10.0. The van der Waals surface area contributed by atoms with Gasteiger partial charge in [0.25, 0.3) is 12.4 Å². The number of nitrogens with one attached hydrogen (secondary N) is 1. The topological polar surface area (TPSA) is 125 Å². The highest BCUT2D eigenvalue weighted by Gasteiger charge is 2.30. The second-order valence-electron chi connectivity index (χ2n) is 7.86. The van der Waals surface area contributed by atoms with Crippen LogP contribution in [0.15, 0.2) is 10.7 Å². The standard InChI is InChI=1S/C19H30N4O4.CH2O2/c1-13(2)16(21-17(24)15-6-4-11-26-15)18-20-14(12-27-18)19(25)23-8-5-7-22(3)9-10-23;2-1-3/h12-13,15-16H,4-11H2,1-3H3,(H,21,24);1H,(H,2,3)/t15-,16+;/m0./s1. The molecule has 0 unspecified atom stereocenters. The molecule has 0 saturated carbocycles. The third kappa shape index (κ3) is 6.53. The van der Waals surface area contributed by atoms with Gasteiger partial charge in [0.05, 0.1) is 0 Å². The van der Waals surface area contributed by atoms with Gasteiger partial charge in [-0.3, -0.25) is 14.4 Å². The molecule has 0 aromatic carbocycles. The van der Waals surface area contributed by atoms with Gasteiger partial charge in [-0.15, -0.1) is 0 Å². The van der Waals surface area contributed by atoms with E-state index < -0.39 is 12.1 Å². The zero-order chi connectivity index (χ0) is 22.1. The van der Waals surface area contributed by atoms with Crippen LogP contribution in [0, 0.1) is 5.92 Å². The molecule has 2 saturated heterocycles. The Balaban J connectivity index is 0.00000101. The number of rotatable bonds is 5. The van der Waals surface area contributed by atoms with Crippen molar-refractivity contribution < 1.29 is 28.6 Å². The molecule has 2 aliphatic rings. The van der Waals surface area contributed by atoms with Crippen LogP contribution in [-0.2, 0) is 14.3 Å². The Morgan fingerprint density at radius 2 is 2.00 bits per heavy atom. The quantitative estimate of drug-likeness (QED) is 0.674. The zero-order valence-corrected chi connectivity index (χ0v) is 17.9. The molecule has 0 radical (unpaired) electrons. The molecule has 10 heteroatoms. The second kappa shape index (κ2) is 11.7. The normalized spacial score (nSPS) is 20.8. The maximum atomic E-state index is 12.8. The van der Waals surface area contributed by atoms with Gasteiger partial charge in [-0.2, -0.15) is 0 Å². The second-order valence-corrected chi connectivity index (χ2v) is 7.86. The van der Waals surface area contributed by atoms with Crippen molar-refractivity contribution in [2.45, 2.75) is 45.3 Å². The number of amides is 2. The Hall–Kier alpha value is -2.46. The van der Waals surface area contributed by atoms with E-state index in [1.807, 2.05) is 18.7 Å². The van der Waals surface area contributed by atoms with Crippen molar-refractivity contribution in [2.24, 2.45) is 5.92 Å². The van der Waals surface area contributed by atoms with Crippen molar-refractivity contribution in [1.82, 2.24) is 20.1 Å². The molecule has 2 aliphatic heterocycles. The van der Waals surface area contributed by atoms with E-state index in [0.29, 0.717) is 31.3 Å². The number of hydrogen-bond donors (Lipinski definition) is 2. The molecule has 0 aliphatic carbocycles. The summed E-state index contributed by atoms with van der Waals surface area (Å²) in [5.41, 5.74) is 0.298. The summed E-state index contributed by atoms with van der Waals surface area (Å²) in [5, 5.41) is 9.86. The van der Waals surface area contributed by atoms with Crippen LogP contribution < -0.4 is 5.32 Å². The summed E-state index contributed by atoms with van der Waals surface area (Å²) in [6.07, 6.45) is 3.57. The number of ether oxygens (including phenoxy) is 1. The predicted octanol–water partition coefficient (Wildman–Crippen LogP) is 1.15. The highest BCUT2D eigenvalue weighted by atomic mass is 16.5. The third-order valence-electron chi connectivity index (χ3n) is 5.20. The van der Waals surface area contributed by atoms with Gasteiger partial charge in [0, 0.05) is 26.2 Å². The third-order valence-corrected chi connectivity index (χ3v) is 5.20. The number of carbonyl (C=O) groups excluding carboxylic acids is 2. The fourth-order valence-corrected chi connectivity index (χ4v) is 3.48. The molecule has 1 aromatic rings. The molecule has 10 nitrogen and oxygen atoms in total. The molecule has 3 rings (SSSR count). The molecule has 30 heavy (non-hydrogen) atoms. The Morgan fingerprint density at radius 3 is 2.63 bits per heavy atom. The predicted molar refractivity (Wildman–Crippen MR) is 108 cm³/mol. The molecular weight excluding hydrogens is 392 g/mol. The fourth-order valence-electron chi connectivity index (χ4n) is 3.48. The van der Waals surface area contributed by atoms with Crippen LogP contribution in [0.25, 0.3) is 0 Å². The summed E-state index contributed by atoms with van der Waals surface area (Å²) in [4.78, 5) is 42.0. The highest BCUT2D eigenvalue weighted by molar-refractivity contribution is 5.92. The summed E-state index contributed by atoms with van der Waals surface area (Å²) in [6, 6.07) is -0.390. The molecule has 0 bridgehead atoms. The summed E-state index contributed by atoms with van der Waals surface area (Å²) < 4.78 is 11.0. The zero-order valence-electron chi connectivity index (χ0n) is 17.9. The van der Waals surface area contributed by atoms with E-state index in [1.54, 1.807) is 0 Å². The lowest BCUT2D eigenvalue weighted by molar-refractivity contribution is -0.131. The first kappa shape index (κ1) is 23.8. The molecular formula is C20H32N4O6. The summed E-state index contributed by atoms with van der Waals surface area (Å²) >= 11 is 0. The smallest absolute Gasteiger partial charge is 0.290 e. The number of nitrogens with zero attached hydrogens (tertiary/aromatic N) is 3. The van der Waals surface area contributed by atoms with E-state index in [4.69, 9.17) is 19.1 Å². The summed E-state index contributed by atoms with van der Waals surface area (Å²) in [5.74, 6) is 0.177. The summed E-state index contributed by atoms with van der Waals surface area (Å²) in [6.45, 7) is 7.57. The molecule has 1 aromatic heterocycles. The van der Waals surface area contributed by atoms with Gasteiger partial charge >= 0.3 is 0 Å². The summed E-state index contributed by atoms with van der Waals surface area (Å²) in [7, 11) is 2.06. The van der Waals surface area contributed by atoms with Gasteiger partial charge in [-0.05, 0) is 38.8 Å². The first-order chi connectivity index (χ1) is 14.4. The average molecular weight is 424 g/mol. The monoisotopic (exact) mass is 424 g/mol. The fraction of sp³-hybridized carbons (Fsp3) is 0.700. The average Bonchev–Trinajstić information content (AvgIpc) is 3.36. The van der Waals surface area contributed by atoms with E-state index in [0.717, 1.165) is 32.4 Å². The van der Waals surface area contributed by atoms with Gasteiger partial charge in [-0.25, -0.2) is 4.98 Å². The van der Waals surface area contributed by atoms with Crippen LogP contribution in [0.5, 0.6) is 0 Å². The van der Waals surface area contributed by atoms with E-state index in [1.165, 1.54) is 6.26 Å². The van der Waals surface area contributed by atoms with Crippen LogP contribution in [0.4, 0.5) is 0 Å². The highest BCUT2D eigenvalue weighted by Crippen LogP contribution is 2.23. The van der Waals surface area contributed by atoms with E-state index in [-0.39, 0.29) is 24.2 Å². The van der Waals surface area contributed by atoms with Crippen molar-refractivity contribution in [2.75, 3.05) is 39.8 Å². The minimum absolute atomic E-state index is 0.0730. The Labute approximate surface area is 176 Å². The Morgan fingerprint density at radius 1 is 1.27 bits per heavy atom. The number of aromatic nitrogens is 1. The number of carboxylic acid groups (broad SMARTS) is 1. The van der Waals surface area contributed by atoms with E-state index in [2.05, 4.69) is 22.2 Å². The molecule has 2 atom stereocenters. The van der Waals surface area contributed by atoms with Gasteiger partial charge in [-0.1, -0.05) is 13.8 Å². The first-order valence-electron chi connectivity index (χ1n) is 10.3. The maximum absolute atomic E-state index is 12.8. The molecule has 0 spiro atoms. The number of likely N-dealkylation sites (N-methyl/N-ethyl adjacent to an activating group) is 1. The minimum atomic E-state index is -0.406. The first-order valence-corrected chi connectivity index (χ1v) is 10.3. The SMILES string of the molecule is CC(C)[C@@H](NC(=O)[C@@H]1CCCO1)c1nc(C(=O)N2CCCN(C)CC2)co1.O=CO. The van der Waals surface area contributed by atoms with Crippen molar-refractivity contribution in [3.8, 4) is 0 Å². The van der Waals surface area contributed by atoms with Crippen LogP contribution in [-0.4, -0.2) is 84.1 Å². The Kier molecular flexibility index (Phi) is 9.25. The van der Waals surface area contributed by atoms with Gasteiger partial charge < -0.3 is 29.4 Å². The Bertz CT molecular complexity index is 701. The molecule has 3 heterocycles. The molecule has 2 fully saturated rings. The van der Waals surface area contributed by atoms with Crippen molar-refractivity contribution in [3.05, 3.63) is 17.8 Å². The van der Waals surface area contributed by atoms with Crippen LogP contribution in [0.1, 0.15) is 55.5 Å². The van der Waals surface area contributed by atoms with Crippen molar-refractivity contribution in [1.29, 1.82) is 0 Å². The van der Waals surface area contributed by atoms with Gasteiger partial charge in [0.15, 0.2) is 5.69 Å². The van der Waals surface area contributed by atoms with Crippen LogP contribution in [0.2, 0.25) is 0 Å². The number of hydrogen-bond acceptors (Lipinski definition) is 7. The largest absolute Gasteiger partial charge is 0.483 e. The van der Waals surface area contributed by atoms with Crippen LogP contribution >= 0.6 is 0 Å². The van der Waals surface area contributed by atoms with Gasteiger partial charge in [0.2, 0.25) is 11.8 Å². The lowest BCUT2D eigenvalue weighted by Crippen LogP contribution is -2.39. The molecule has 2 N–H and O–H groups in total. The minimum Gasteiger partial charge on any atom is -0.483 e. The van der Waals surface area contributed by atoms with Crippen molar-refractivity contribution >= 4 is 18.3 Å². The van der Waals surface area contributed by atoms with E-state index >= 15 is 0 Å². The molecule has 168 valence electrons. The van der Waals surface area contributed by atoms with E-state index in [9.17, 15) is 9.59 Å². The lowest BCUT2D eigenvalue weighted by Gasteiger charge is -2.21. The maximum Gasteiger partial charge on any atom is 0.290 e. The van der Waals surface area contributed by atoms with Gasteiger partial charge in [0.1, 0.15) is 18.4 Å². The molecule has 2 amide bonds. The van der Waals surface area contributed by atoms with Crippen molar-refractivity contribution in [3.63, 3.8) is 0 Å².